The zero-order chi connectivity index (χ0) is 37.4. The van der Waals surface area contributed by atoms with Crippen LogP contribution in [0.4, 0.5) is 11.8 Å². The van der Waals surface area contributed by atoms with Crippen molar-refractivity contribution in [1.29, 1.82) is 0 Å². The van der Waals surface area contributed by atoms with Gasteiger partial charge in [0.15, 0.2) is 17.0 Å². The van der Waals surface area contributed by atoms with Gasteiger partial charge in [0.25, 0.3) is 0 Å². The minimum atomic E-state index is -2.96. The molecule has 0 radical (unpaired) electrons. The van der Waals surface area contributed by atoms with E-state index in [1.807, 2.05) is 4.57 Å². The molecule has 0 spiro atoms. The minimum Gasteiger partial charge on any atom is -0.414 e. The Morgan fingerprint density at radius 2 is 1.54 bits per heavy atom. The highest BCUT2D eigenvalue weighted by Gasteiger charge is 2.65. The Morgan fingerprint density at radius 1 is 0.980 bits per heavy atom. The van der Waals surface area contributed by atoms with Crippen molar-refractivity contribution >= 4 is 94.3 Å². The molecule has 2 unspecified atom stereocenters. The molecule has 278 valence electrons. The van der Waals surface area contributed by atoms with E-state index in [0.717, 1.165) is 18.1 Å². The molecule has 0 saturated carbocycles. The van der Waals surface area contributed by atoms with Crippen molar-refractivity contribution in [2.75, 3.05) is 17.2 Å². The van der Waals surface area contributed by atoms with Crippen LogP contribution in [-0.4, -0.2) is 77.9 Å². The highest BCUT2D eigenvalue weighted by Crippen LogP contribution is 2.59. The number of anilines is 2. The van der Waals surface area contributed by atoms with Crippen molar-refractivity contribution < 1.29 is 22.6 Å². The van der Waals surface area contributed by atoms with Crippen molar-refractivity contribution in [2.24, 2.45) is 0 Å². The van der Waals surface area contributed by atoms with Gasteiger partial charge in [-0.15, -0.1) is 17.3 Å². The topological polar surface area (TPSA) is 129 Å². The first-order valence-electron chi connectivity index (χ1n) is 18.0. The number of nitrogens with one attached hydrogen (secondary N) is 2. The molecule has 2 aromatic rings. The second kappa shape index (κ2) is 15.9. The van der Waals surface area contributed by atoms with Crippen molar-refractivity contribution in [1.82, 2.24) is 19.5 Å². The molecule has 50 heavy (non-hydrogen) atoms. The van der Waals surface area contributed by atoms with E-state index in [9.17, 15) is 9.59 Å². The molecule has 2 amide bonds. The highest BCUT2D eigenvalue weighted by molar-refractivity contribution is 14.1. The fraction of sp³-hybridized carbons (Fsp3) is 0.735. The number of alkyl halides is 1. The zero-order valence-electron chi connectivity index (χ0n) is 32.1. The van der Waals surface area contributed by atoms with Crippen LogP contribution in [0.5, 0.6) is 0 Å². The lowest BCUT2D eigenvalue weighted by molar-refractivity contribution is -0.115. The van der Waals surface area contributed by atoms with Crippen molar-refractivity contribution in [3.63, 3.8) is 0 Å². The van der Waals surface area contributed by atoms with Gasteiger partial charge in [0.2, 0.25) is 17.8 Å². The van der Waals surface area contributed by atoms with Crippen LogP contribution in [0.1, 0.15) is 95.4 Å². The molecule has 0 aliphatic carbocycles. The molecular formula is C34H57IN6O5SSi3. The van der Waals surface area contributed by atoms with Crippen LogP contribution < -0.4 is 10.6 Å². The SMILES string of the molecule is CC[Si](C#C[C@@]12CO[Si](C(C)C)(C(C)C)O[Si](C(C)C)(C(C)C)O[C@H]1C(I)C(n1cnc3c(NC(C)=O)nc(NC(C)=O)nc31)S2)(CC)CC. The van der Waals surface area contributed by atoms with Gasteiger partial charge in [-0.2, -0.15) is 9.97 Å². The third-order valence-electron chi connectivity index (χ3n) is 10.6. The molecular weight excluding hydrogens is 816 g/mol. The third kappa shape index (κ3) is 7.66. The lowest BCUT2D eigenvalue weighted by Crippen LogP contribution is -2.67. The van der Waals surface area contributed by atoms with Gasteiger partial charge in [0, 0.05) is 13.8 Å². The first-order valence-corrected chi connectivity index (χ1v) is 26.7. The quantitative estimate of drug-likeness (QED) is 0.105. The van der Waals surface area contributed by atoms with Crippen molar-refractivity contribution in [3.05, 3.63) is 6.33 Å². The maximum absolute atomic E-state index is 12.2. The van der Waals surface area contributed by atoms with Gasteiger partial charge in [-0.3, -0.25) is 14.9 Å². The molecule has 11 nitrogen and oxygen atoms in total. The summed E-state index contributed by atoms with van der Waals surface area (Å²) in [5.41, 5.74) is 5.67. The summed E-state index contributed by atoms with van der Waals surface area (Å²) in [6.07, 6.45) is 1.44. The van der Waals surface area contributed by atoms with E-state index < -0.39 is 29.9 Å². The number of hydrogen-bond acceptors (Lipinski definition) is 9. The fourth-order valence-electron chi connectivity index (χ4n) is 7.33. The number of amides is 2. The number of carbonyl (C=O) groups excluding carboxylic acids is 2. The second-order valence-electron chi connectivity index (χ2n) is 15.0. The van der Waals surface area contributed by atoms with E-state index in [4.69, 9.17) is 22.9 Å². The van der Waals surface area contributed by atoms with Crippen LogP contribution in [0, 0.1) is 11.5 Å². The van der Waals surface area contributed by atoms with E-state index >= 15 is 0 Å². The zero-order valence-corrected chi connectivity index (χ0v) is 38.0. The standard InChI is InChI=1S/C34H57IN6O5SSi3/c1-14-48(15-2,16-3)18-17-34-19-44-49(21(4)5,22(6)7)46-50(23(8)9,24(10)11)45-29(34)27(35)32(47-34)41-20-36-28-30(37-25(12)42)39-33(38-26(13)43)40-31(28)41/h20-24,27,29,32H,14-16,19H2,1-13H3,(H2,37,38,39,40,42,43)/t27?,29-,32?,34+/m0/s1. The molecule has 2 aliphatic rings. The number of hydrogen-bond donors (Lipinski definition) is 2. The Balaban J connectivity index is 2.02. The summed E-state index contributed by atoms with van der Waals surface area (Å²) in [6, 6.07) is 3.28. The molecule has 2 N–H and O–H groups in total. The van der Waals surface area contributed by atoms with Crippen LogP contribution in [0.2, 0.25) is 40.3 Å². The average Bonchev–Trinajstić information content (AvgIpc) is 3.56. The Bertz CT molecular complexity index is 1600. The number of imidazole rings is 1. The maximum Gasteiger partial charge on any atom is 0.335 e. The Hall–Kier alpha value is -1.34. The number of rotatable bonds is 10. The van der Waals surface area contributed by atoms with E-state index in [0.29, 0.717) is 17.8 Å². The van der Waals surface area contributed by atoms with Gasteiger partial charge in [-0.25, -0.2) is 4.98 Å². The highest BCUT2D eigenvalue weighted by atomic mass is 127. The molecule has 4 atom stereocenters. The molecule has 4 heterocycles. The summed E-state index contributed by atoms with van der Waals surface area (Å²) < 4.78 is 23.9. The Morgan fingerprint density at radius 3 is 2.04 bits per heavy atom. The number of thioether (sulfide) groups is 1. The van der Waals surface area contributed by atoms with Gasteiger partial charge in [-0.1, -0.05) is 105 Å². The largest absolute Gasteiger partial charge is 0.414 e. The van der Waals surface area contributed by atoms with Crippen molar-refractivity contribution in [2.45, 2.75) is 150 Å². The second-order valence-corrected chi connectivity index (χ2v) is 31.7. The lowest BCUT2D eigenvalue weighted by Gasteiger charge is -2.53. The summed E-state index contributed by atoms with van der Waals surface area (Å²) >= 11 is 4.31. The van der Waals surface area contributed by atoms with E-state index in [-0.39, 0.29) is 61.1 Å². The van der Waals surface area contributed by atoms with E-state index in [2.05, 4.69) is 126 Å². The Labute approximate surface area is 320 Å². The average molecular weight is 873 g/mol. The molecule has 4 rings (SSSR count). The number of nitrogens with zero attached hydrogens (tertiary/aromatic N) is 4. The molecule has 16 heteroatoms. The van der Waals surface area contributed by atoms with Gasteiger partial charge < -0.3 is 22.9 Å². The summed E-state index contributed by atoms with van der Waals surface area (Å²) in [5, 5.41) is 5.26. The van der Waals surface area contributed by atoms with Crippen LogP contribution in [0.3, 0.4) is 0 Å². The predicted octanol–water partition coefficient (Wildman–Crippen LogP) is 8.54. The van der Waals surface area contributed by atoms with E-state index in [1.165, 1.54) is 13.8 Å². The first-order chi connectivity index (χ1) is 23.4. The van der Waals surface area contributed by atoms with Crippen LogP contribution in [0.15, 0.2) is 6.33 Å². The maximum atomic E-state index is 12.2. The first kappa shape index (κ1) is 41.4. The van der Waals surface area contributed by atoms with Crippen LogP contribution >= 0.6 is 34.4 Å². The van der Waals surface area contributed by atoms with Gasteiger partial charge in [0.05, 0.1) is 28.3 Å². The number of fused-ring (bicyclic) bond motifs is 2. The minimum absolute atomic E-state index is 0.0857. The molecule has 2 aromatic heterocycles. The third-order valence-corrected chi connectivity index (χ3v) is 28.9. The molecule has 2 saturated heterocycles. The number of carbonyl (C=O) groups is 2. The van der Waals surface area contributed by atoms with Crippen LogP contribution in [-0.2, 0) is 22.6 Å². The van der Waals surface area contributed by atoms with Crippen molar-refractivity contribution in [3.8, 4) is 11.5 Å². The fourth-order valence-corrected chi connectivity index (χ4v) is 25.0. The van der Waals surface area contributed by atoms with E-state index in [1.54, 1.807) is 18.1 Å². The van der Waals surface area contributed by atoms with Crippen LogP contribution in [0.25, 0.3) is 11.2 Å². The van der Waals surface area contributed by atoms with Gasteiger partial charge in [0.1, 0.15) is 12.8 Å². The monoisotopic (exact) mass is 872 g/mol. The van der Waals surface area contributed by atoms with Gasteiger partial charge in [-0.05, 0) is 40.3 Å². The Kier molecular flexibility index (Phi) is 13.2. The summed E-state index contributed by atoms with van der Waals surface area (Å²) in [6.45, 7) is 28.1. The molecule has 0 aromatic carbocycles. The number of halogens is 1. The normalized spacial score (nSPS) is 25.0. The van der Waals surface area contributed by atoms with Gasteiger partial charge >= 0.3 is 17.1 Å². The molecule has 2 aliphatic heterocycles. The summed E-state index contributed by atoms with van der Waals surface area (Å²) in [4.78, 5) is 38.2. The summed E-state index contributed by atoms with van der Waals surface area (Å²) in [5.74, 6) is 3.69. The summed E-state index contributed by atoms with van der Waals surface area (Å²) in [7, 11) is -7.68. The predicted molar refractivity (Wildman–Crippen MR) is 220 cm³/mol. The molecule has 0 bridgehead atoms. The smallest absolute Gasteiger partial charge is 0.335 e. The lowest BCUT2D eigenvalue weighted by atomic mass is 10.0. The number of aromatic nitrogens is 4. The molecule has 2 fully saturated rings.